The third-order valence-corrected chi connectivity index (χ3v) is 4.88. The molecule has 1 fully saturated rings. The van der Waals surface area contributed by atoms with E-state index in [2.05, 4.69) is 4.98 Å². The zero-order valence-electron chi connectivity index (χ0n) is 14.5. The number of aryl methyl sites for hydroxylation is 2. The first-order valence-electron chi connectivity index (χ1n) is 8.83. The molecule has 0 unspecified atom stereocenters. The molecule has 25 heavy (non-hydrogen) atoms. The van der Waals surface area contributed by atoms with Crippen LogP contribution in [0.25, 0.3) is 0 Å². The van der Waals surface area contributed by atoms with Gasteiger partial charge in [0.1, 0.15) is 11.3 Å². The summed E-state index contributed by atoms with van der Waals surface area (Å²) >= 11 is 0. The standard InChI is InChI=1S/C20H24N2O3/c1-14-12-19(24)18(13-21-14)20(25)22-11-3-2-4-16(22)8-5-15-6-9-17(23)10-7-15/h6-7,9-10,12-13,16,23H,2-5,8,11H2,1H3,(H,21,24)/t16-/m0/s1. The molecule has 0 radical (unpaired) electrons. The zero-order chi connectivity index (χ0) is 17.8. The van der Waals surface area contributed by atoms with Crippen LogP contribution in [0.4, 0.5) is 0 Å². The van der Waals surface area contributed by atoms with E-state index < -0.39 is 0 Å². The van der Waals surface area contributed by atoms with Gasteiger partial charge in [0.05, 0.1) is 0 Å². The van der Waals surface area contributed by atoms with Gasteiger partial charge in [-0.1, -0.05) is 12.1 Å². The Hall–Kier alpha value is -2.56. The van der Waals surface area contributed by atoms with Gasteiger partial charge in [0, 0.05) is 30.5 Å². The molecule has 2 aromatic rings. The molecule has 1 amide bonds. The normalized spacial score (nSPS) is 17.5. The Morgan fingerprint density at radius 3 is 2.76 bits per heavy atom. The molecular formula is C20H24N2O3. The van der Waals surface area contributed by atoms with Crippen LogP contribution >= 0.6 is 0 Å². The number of aromatic amines is 1. The molecule has 0 aliphatic carbocycles. The Morgan fingerprint density at radius 1 is 1.28 bits per heavy atom. The lowest BCUT2D eigenvalue weighted by atomic mass is 9.95. The van der Waals surface area contributed by atoms with Gasteiger partial charge in [-0.15, -0.1) is 0 Å². The number of carbonyl (C=O) groups excluding carboxylic acids is 1. The number of phenols is 1. The Balaban J connectivity index is 1.72. The third kappa shape index (κ3) is 4.10. The molecule has 1 atom stereocenters. The number of amides is 1. The highest BCUT2D eigenvalue weighted by Crippen LogP contribution is 2.23. The average molecular weight is 340 g/mol. The van der Waals surface area contributed by atoms with E-state index >= 15 is 0 Å². The molecule has 1 aliphatic rings. The Labute approximate surface area is 147 Å². The van der Waals surface area contributed by atoms with Gasteiger partial charge in [0.25, 0.3) is 5.91 Å². The molecule has 1 aromatic heterocycles. The monoisotopic (exact) mass is 340 g/mol. The number of benzene rings is 1. The fourth-order valence-corrected chi connectivity index (χ4v) is 3.46. The number of carbonyl (C=O) groups is 1. The van der Waals surface area contributed by atoms with Crippen molar-refractivity contribution < 1.29 is 9.90 Å². The maximum atomic E-state index is 12.9. The summed E-state index contributed by atoms with van der Waals surface area (Å²) in [4.78, 5) is 29.9. The Morgan fingerprint density at radius 2 is 2.04 bits per heavy atom. The van der Waals surface area contributed by atoms with Crippen molar-refractivity contribution in [3.63, 3.8) is 0 Å². The SMILES string of the molecule is Cc1cc(=O)c(C(=O)N2CCCC[C@H]2CCc2ccc(O)cc2)c[nH]1. The van der Waals surface area contributed by atoms with Crippen molar-refractivity contribution in [2.75, 3.05) is 6.54 Å². The van der Waals surface area contributed by atoms with E-state index in [1.807, 2.05) is 17.0 Å². The molecular weight excluding hydrogens is 316 g/mol. The lowest BCUT2D eigenvalue weighted by molar-refractivity contribution is 0.0600. The van der Waals surface area contributed by atoms with Crippen molar-refractivity contribution in [3.8, 4) is 5.75 Å². The summed E-state index contributed by atoms with van der Waals surface area (Å²) in [6.07, 6.45) is 6.29. The number of rotatable bonds is 4. The van der Waals surface area contributed by atoms with E-state index in [1.165, 1.54) is 12.3 Å². The largest absolute Gasteiger partial charge is 0.508 e. The minimum atomic E-state index is -0.218. The minimum Gasteiger partial charge on any atom is -0.508 e. The van der Waals surface area contributed by atoms with Crippen LogP contribution in [0.5, 0.6) is 5.75 Å². The van der Waals surface area contributed by atoms with Crippen LogP contribution in [0.15, 0.2) is 41.3 Å². The molecule has 3 rings (SSSR count). The van der Waals surface area contributed by atoms with Gasteiger partial charge < -0.3 is 15.0 Å². The van der Waals surface area contributed by atoms with Gasteiger partial charge >= 0.3 is 0 Å². The number of hydrogen-bond donors (Lipinski definition) is 2. The van der Waals surface area contributed by atoms with Gasteiger partial charge in [-0.2, -0.15) is 0 Å². The number of aromatic hydroxyl groups is 1. The molecule has 2 heterocycles. The number of H-pyrrole nitrogens is 1. The van der Waals surface area contributed by atoms with Crippen molar-refractivity contribution in [2.24, 2.45) is 0 Å². The number of piperidine rings is 1. The Kier molecular flexibility index (Phi) is 5.22. The van der Waals surface area contributed by atoms with E-state index in [0.29, 0.717) is 6.54 Å². The summed E-state index contributed by atoms with van der Waals surface area (Å²) in [6, 6.07) is 8.82. The first-order chi connectivity index (χ1) is 12.0. The van der Waals surface area contributed by atoms with E-state index in [9.17, 15) is 14.7 Å². The fraction of sp³-hybridized carbons (Fsp3) is 0.400. The number of phenolic OH excluding ortho intramolecular Hbond substituents is 1. The molecule has 5 nitrogen and oxygen atoms in total. The molecule has 132 valence electrons. The molecule has 0 saturated carbocycles. The van der Waals surface area contributed by atoms with Crippen LogP contribution in [0.1, 0.15) is 47.3 Å². The third-order valence-electron chi connectivity index (χ3n) is 4.88. The van der Waals surface area contributed by atoms with Crippen molar-refractivity contribution in [1.82, 2.24) is 9.88 Å². The second-order valence-corrected chi connectivity index (χ2v) is 6.75. The van der Waals surface area contributed by atoms with Crippen molar-refractivity contribution >= 4 is 5.91 Å². The topological polar surface area (TPSA) is 73.4 Å². The zero-order valence-corrected chi connectivity index (χ0v) is 14.5. The van der Waals surface area contributed by atoms with Crippen molar-refractivity contribution in [2.45, 2.75) is 45.1 Å². The predicted molar refractivity (Wildman–Crippen MR) is 96.9 cm³/mol. The van der Waals surface area contributed by atoms with Crippen molar-refractivity contribution in [1.29, 1.82) is 0 Å². The summed E-state index contributed by atoms with van der Waals surface area (Å²) < 4.78 is 0. The number of aromatic nitrogens is 1. The number of pyridine rings is 1. The summed E-state index contributed by atoms with van der Waals surface area (Å²) in [5.74, 6) is 0.0912. The molecule has 1 saturated heterocycles. The fourth-order valence-electron chi connectivity index (χ4n) is 3.46. The van der Waals surface area contributed by atoms with Gasteiger partial charge in [0.2, 0.25) is 0 Å². The average Bonchev–Trinajstić information content (AvgIpc) is 2.61. The van der Waals surface area contributed by atoms with E-state index in [1.54, 1.807) is 19.1 Å². The molecule has 2 N–H and O–H groups in total. The van der Waals surface area contributed by atoms with Crippen LogP contribution in [0.3, 0.4) is 0 Å². The quantitative estimate of drug-likeness (QED) is 0.898. The van der Waals surface area contributed by atoms with Crippen LogP contribution in [-0.4, -0.2) is 33.5 Å². The van der Waals surface area contributed by atoms with Crippen LogP contribution < -0.4 is 5.43 Å². The van der Waals surface area contributed by atoms with E-state index in [-0.39, 0.29) is 28.7 Å². The summed E-state index contributed by atoms with van der Waals surface area (Å²) in [6.45, 7) is 2.50. The first kappa shape index (κ1) is 17.3. The molecule has 0 spiro atoms. The highest BCUT2D eigenvalue weighted by atomic mass is 16.3. The van der Waals surface area contributed by atoms with Crippen LogP contribution in [0, 0.1) is 6.92 Å². The lowest BCUT2D eigenvalue weighted by Crippen LogP contribution is -2.45. The van der Waals surface area contributed by atoms with Gasteiger partial charge in [-0.05, 0) is 56.7 Å². The van der Waals surface area contributed by atoms with E-state index in [4.69, 9.17) is 0 Å². The molecule has 1 aromatic carbocycles. The summed E-state index contributed by atoms with van der Waals surface area (Å²) in [7, 11) is 0. The number of nitrogens with zero attached hydrogens (tertiary/aromatic N) is 1. The number of hydrogen-bond acceptors (Lipinski definition) is 3. The highest BCUT2D eigenvalue weighted by molar-refractivity contribution is 5.94. The van der Waals surface area contributed by atoms with Crippen molar-refractivity contribution in [3.05, 3.63) is 63.6 Å². The minimum absolute atomic E-state index is 0.149. The van der Waals surface area contributed by atoms with Gasteiger partial charge in [0.15, 0.2) is 5.43 Å². The first-order valence-corrected chi connectivity index (χ1v) is 8.83. The van der Waals surface area contributed by atoms with Gasteiger partial charge in [-0.25, -0.2) is 0 Å². The van der Waals surface area contributed by atoms with Crippen LogP contribution in [-0.2, 0) is 6.42 Å². The molecule has 5 heteroatoms. The van der Waals surface area contributed by atoms with Crippen LogP contribution in [0.2, 0.25) is 0 Å². The Bertz CT molecular complexity index is 795. The lowest BCUT2D eigenvalue weighted by Gasteiger charge is -2.36. The molecule has 1 aliphatic heterocycles. The second-order valence-electron chi connectivity index (χ2n) is 6.75. The highest BCUT2D eigenvalue weighted by Gasteiger charge is 2.28. The number of nitrogens with one attached hydrogen (secondary N) is 1. The second kappa shape index (κ2) is 7.55. The maximum absolute atomic E-state index is 12.9. The summed E-state index contributed by atoms with van der Waals surface area (Å²) in [5.41, 5.74) is 1.90. The number of likely N-dealkylation sites (tertiary alicyclic amines) is 1. The molecule has 0 bridgehead atoms. The smallest absolute Gasteiger partial charge is 0.259 e. The predicted octanol–water partition coefficient (Wildman–Crippen LogP) is 3.02. The van der Waals surface area contributed by atoms with Gasteiger partial charge in [-0.3, -0.25) is 9.59 Å². The van der Waals surface area contributed by atoms with E-state index in [0.717, 1.165) is 43.4 Å². The maximum Gasteiger partial charge on any atom is 0.259 e. The summed E-state index contributed by atoms with van der Waals surface area (Å²) in [5, 5.41) is 9.37.